The highest BCUT2D eigenvalue weighted by molar-refractivity contribution is 5.79. The van der Waals surface area contributed by atoms with E-state index >= 15 is 0 Å². The number of pyridine rings is 1. The largest absolute Gasteiger partial charge is 0.343 e. The average molecular weight is 344 g/mol. The van der Waals surface area contributed by atoms with Crippen molar-refractivity contribution in [2.75, 3.05) is 13.1 Å². The third kappa shape index (κ3) is 3.77. The van der Waals surface area contributed by atoms with Crippen molar-refractivity contribution < 1.29 is 4.79 Å². The first-order valence-electron chi connectivity index (χ1n) is 9.47. The Morgan fingerprint density at radius 3 is 2.46 bits per heavy atom. The van der Waals surface area contributed by atoms with Gasteiger partial charge in [-0.1, -0.05) is 54.6 Å². The maximum absolute atomic E-state index is 12.7. The summed E-state index contributed by atoms with van der Waals surface area (Å²) in [5.41, 5.74) is 3.28. The van der Waals surface area contributed by atoms with Crippen LogP contribution in [-0.2, 0) is 11.2 Å². The number of aromatic nitrogens is 1. The molecule has 1 aliphatic rings. The molecule has 132 valence electrons. The number of rotatable bonds is 5. The summed E-state index contributed by atoms with van der Waals surface area (Å²) in [4.78, 5) is 19.6. The van der Waals surface area contributed by atoms with Gasteiger partial charge in [-0.25, -0.2) is 0 Å². The molecule has 3 heteroatoms. The van der Waals surface area contributed by atoms with Crippen molar-refractivity contribution in [2.45, 2.75) is 31.6 Å². The quantitative estimate of drug-likeness (QED) is 0.679. The predicted octanol–water partition coefficient (Wildman–Crippen LogP) is 4.57. The van der Waals surface area contributed by atoms with Crippen LogP contribution in [0.4, 0.5) is 0 Å². The SMILES string of the molecule is O=C(CC(Cc1ccc2ccccc2n1)c1ccccc1)N1CCCC1. The Balaban J connectivity index is 1.58. The summed E-state index contributed by atoms with van der Waals surface area (Å²) in [6.07, 6.45) is 3.61. The fraction of sp³-hybridized carbons (Fsp3) is 0.304. The smallest absolute Gasteiger partial charge is 0.223 e. The standard InChI is InChI=1S/C23H24N2O/c26-23(25-14-6-7-15-25)17-20(18-8-2-1-3-9-18)16-21-13-12-19-10-4-5-11-22(19)24-21/h1-5,8-13,20H,6-7,14-17H2. The first kappa shape index (κ1) is 16.8. The number of likely N-dealkylation sites (tertiary alicyclic amines) is 1. The molecule has 1 aliphatic heterocycles. The number of carbonyl (C=O) groups is 1. The second kappa shape index (κ2) is 7.69. The monoisotopic (exact) mass is 344 g/mol. The normalized spacial score (nSPS) is 15.3. The molecule has 0 saturated carbocycles. The van der Waals surface area contributed by atoms with Crippen LogP contribution >= 0.6 is 0 Å². The Labute approximate surface area is 154 Å². The lowest BCUT2D eigenvalue weighted by atomic mass is 9.90. The fourth-order valence-electron chi connectivity index (χ4n) is 3.81. The molecule has 0 aliphatic carbocycles. The third-order valence-corrected chi connectivity index (χ3v) is 5.26. The van der Waals surface area contributed by atoms with Gasteiger partial charge in [0.15, 0.2) is 0 Å². The van der Waals surface area contributed by atoms with E-state index in [1.165, 1.54) is 5.56 Å². The van der Waals surface area contributed by atoms with Crippen LogP contribution in [0.25, 0.3) is 10.9 Å². The molecule has 1 atom stereocenters. The van der Waals surface area contributed by atoms with Crippen LogP contribution in [-0.4, -0.2) is 28.9 Å². The molecule has 3 aromatic rings. The molecule has 1 fully saturated rings. The molecule has 0 N–H and O–H groups in total. The topological polar surface area (TPSA) is 33.2 Å². The van der Waals surface area contributed by atoms with Gasteiger partial charge in [0.1, 0.15) is 0 Å². The summed E-state index contributed by atoms with van der Waals surface area (Å²) in [5, 5.41) is 1.15. The second-order valence-electron chi connectivity index (χ2n) is 7.10. The van der Waals surface area contributed by atoms with Crippen LogP contribution < -0.4 is 0 Å². The van der Waals surface area contributed by atoms with Gasteiger partial charge in [-0.05, 0) is 42.9 Å². The molecule has 0 spiro atoms. The van der Waals surface area contributed by atoms with E-state index in [-0.39, 0.29) is 11.8 Å². The summed E-state index contributed by atoms with van der Waals surface area (Å²) in [6, 6.07) is 22.8. The van der Waals surface area contributed by atoms with Crippen molar-refractivity contribution in [3.8, 4) is 0 Å². The molecule has 2 heterocycles. The third-order valence-electron chi connectivity index (χ3n) is 5.26. The molecule has 1 saturated heterocycles. The molecular formula is C23H24N2O. The fourth-order valence-corrected chi connectivity index (χ4v) is 3.81. The molecule has 1 unspecified atom stereocenters. The van der Waals surface area contributed by atoms with E-state index in [4.69, 9.17) is 4.98 Å². The summed E-state index contributed by atoms with van der Waals surface area (Å²) >= 11 is 0. The van der Waals surface area contributed by atoms with Crippen molar-refractivity contribution in [3.63, 3.8) is 0 Å². The number of nitrogens with zero attached hydrogens (tertiary/aromatic N) is 2. The zero-order valence-corrected chi connectivity index (χ0v) is 15.0. The maximum Gasteiger partial charge on any atom is 0.223 e. The lowest BCUT2D eigenvalue weighted by molar-refractivity contribution is -0.130. The Hall–Kier alpha value is -2.68. The van der Waals surface area contributed by atoms with E-state index in [2.05, 4.69) is 42.5 Å². The lowest BCUT2D eigenvalue weighted by Crippen LogP contribution is -2.29. The van der Waals surface area contributed by atoms with E-state index in [0.29, 0.717) is 6.42 Å². The van der Waals surface area contributed by atoms with Gasteiger partial charge in [-0.2, -0.15) is 0 Å². The van der Waals surface area contributed by atoms with Gasteiger partial charge in [0.05, 0.1) is 5.52 Å². The number of benzene rings is 2. The number of hydrogen-bond acceptors (Lipinski definition) is 2. The Morgan fingerprint density at radius 2 is 1.65 bits per heavy atom. The van der Waals surface area contributed by atoms with Crippen molar-refractivity contribution in [1.29, 1.82) is 0 Å². The van der Waals surface area contributed by atoms with E-state index < -0.39 is 0 Å². The molecule has 0 bridgehead atoms. The van der Waals surface area contributed by atoms with Crippen molar-refractivity contribution in [2.24, 2.45) is 0 Å². The van der Waals surface area contributed by atoms with Crippen LogP contribution in [0.1, 0.15) is 36.4 Å². The van der Waals surface area contributed by atoms with Gasteiger partial charge in [-0.15, -0.1) is 0 Å². The molecule has 4 rings (SSSR count). The number of para-hydroxylation sites is 1. The second-order valence-corrected chi connectivity index (χ2v) is 7.10. The van der Waals surface area contributed by atoms with Crippen LogP contribution in [0.15, 0.2) is 66.7 Å². The molecule has 2 aromatic carbocycles. The van der Waals surface area contributed by atoms with Crippen LogP contribution in [0.2, 0.25) is 0 Å². The van der Waals surface area contributed by atoms with E-state index in [9.17, 15) is 4.79 Å². The minimum atomic E-state index is 0.165. The first-order valence-corrected chi connectivity index (χ1v) is 9.47. The Kier molecular flexibility index (Phi) is 4.96. The molecule has 0 radical (unpaired) electrons. The van der Waals surface area contributed by atoms with Gasteiger partial charge >= 0.3 is 0 Å². The number of fused-ring (bicyclic) bond motifs is 1. The highest BCUT2D eigenvalue weighted by Crippen LogP contribution is 2.26. The van der Waals surface area contributed by atoms with Crippen LogP contribution in [0.3, 0.4) is 0 Å². The zero-order chi connectivity index (χ0) is 17.8. The van der Waals surface area contributed by atoms with Crippen molar-refractivity contribution >= 4 is 16.8 Å². The van der Waals surface area contributed by atoms with Crippen molar-refractivity contribution in [3.05, 3.63) is 78.0 Å². The van der Waals surface area contributed by atoms with E-state index in [1.807, 2.05) is 29.2 Å². The van der Waals surface area contributed by atoms with E-state index in [1.54, 1.807) is 0 Å². The first-order chi connectivity index (χ1) is 12.8. The molecule has 1 aromatic heterocycles. The van der Waals surface area contributed by atoms with Crippen LogP contribution in [0.5, 0.6) is 0 Å². The van der Waals surface area contributed by atoms with Gasteiger partial charge in [0.2, 0.25) is 5.91 Å². The minimum Gasteiger partial charge on any atom is -0.343 e. The summed E-state index contributed by atoms with van der Waals surface area (Å²) in [7, 11) is 0. The Morgan fingerprint density at radius 1 is 0.923 bits per heavy atom. The van der Waals surface area contributed by atoms with Crippen molar-refractivity contribution in [1.82, 2.24) is 9.88 Å². The van der Waals surface area contributed by atoms with Gasteiger partial charge in [-0.3, -0.25) is 9.78 Å². The summed E-state index contributed by atoms with van der Waals surface area (Å²) in [6.45, 7) is 1.82. The minimum absolute atomic E-state index is 0.165. The van der Waals surface area contributed by atoms with Gasteiger partial charge in [0.25, 0.3) is 0 Å². The van der Waals surface area contributed by atoms with Gasteiger partial charge < -0.3 is 4.90 Å². The maximum atomic E-state index is 12.7. The van der Waals surface area contributed by atoms with Crippen LogP contribution in [0, 0.1) is 0 Å². The average Bonchev–Trinajstić information content (AvgIpc) is 3.23. The zero-order valence-electron chi connectivity index (χ0n) is 15.0. The summed E-state index contributed by atoms with van der Waals surface area (Å²) < 4.78 is 0. The number of hydrogen-bond donors (Lipinski definition) is 0. The van der Waals surface area contributed by atoms with E-state index in [0.717, 1.165) is 48.9 Å². The predicted molar refractivity (Wildman–Crippen MR) is 105 cm³/mol. The number of carbonyl (C=O) groups excluding carboxylic acids is 1. The summed E-state index contributed by atoms with van der Waals surface area (Å²) in [5.74, 6) is 0.440. The van der Waals surface area contributed by atoms with Gasteiger partial charge in [0, 0.05) is 30.6 Å². The molecule has 3 nitrogen and oxygen atoms in total. The Bertz CT molecular complexity index is 885. The highest BCUT2D eigenvalue weighted by atomic mass is 16.2. The number of amides is 1. The highest BCUT2D eigenvalue weighted by Gasteiger charge is 2.23. The lowest BCUT2D eigenvalue weighted by Gasteiger charge is -2.21. The molecule has 1 amide bonds. The molecular weight excluding hydrogens is 320 g/mol. The molecule has 26 heavy (non-hydrogen) atoms.